The first-order valence-electron chi connectivity index (χ1n) is 9.24. The predicted octanol–water partition coefficient (Wildman–Crippen LogP) is 3.08. The number of hydrogen-bond acceptors (Lipinski definition) is 7. The summed E-state index contributed by atoms with van der Waals surface area (Å²) in [5, 5.41) is 8.74. The second kappa shape index (κ2) is 12.1. The molecule has 3 rings (SSSR count). The molecule has 0 aliphatic heterocycles. The van der Waals surface area contributed by atoms with Crippen molar-refractivity contribution in [1.29, 1.82) is 5.26 Å². The van der Waals surface area contributed by atoms with E-state index in [0.29, 0.717) is 6.54 Å². The topological polar surface area (TPSA) is 165 Å². The van der Waals surface area contributed by atoms with Crippen molar-refractivity contribution in [3.05, 3.63) is 96.1 Å². The molecule has 10 heteroatoms. The molecule has 0 aromatic heterocycles. The molecule has 0 aliphatic rings. The fraction of sp³-hybridized carbons (Fsp3) is 0.136. The first kappa shape index (κ1) is 27.0. The minimum absolute atomic E-state index is 0. The molecule has 0 saturated carbocycles. The summed E-state index contributed by atoms with van der Waals surface area (Å²) in [7, 11) is -8.21. The molecule has 3 aromatic rings. The van der Waals surface area contributed by atoms with Gasteiger partial charge in [-0.15, -0.1) is 4.13 Å². The number of aryl methyl sites for hydroxylation is 1. The van der Waals surface area contributed by atoms with Gasteiger partial charge in [0, 0.05) is 6.54 Å². The maximum absolute atomic E-state index is 11.9. The monoisotopic (exact) mass is 474 g/mol. The second-order valence-corrected chi connectivity index (χ2v) is 10.2. The molecule has 3 aromatic carbocycles. The Hall–Kier alpha value is -3.07. The summed E-state index contributed by atoms with van der Waals surface area (Å²) in [4.78, 5) is -0.205. The van der Waals surface area contributed by atoms with Gasteiger partial charge in [-0.1, -0.05) is 66.2 Å². The van der Waals surface area contributed by atoms with Gasteiger partial charge in [-0.05, 0) is 36.8 Å². The van der Waals surface area contributed by atoms with Crippen molar-refractivity contribution < 1.29 is 16.8 Å². The van der Waals surface area contributed by atoms with Gasteiger partial charge in [-0.3, -0.25) is 0 Å². The van der Waals surface area contributed by atoms with Crippen LogP contribution in [0.15, 0.2) is 94.7 Å². The molecule has 0 radical (unpaired) electrons. The quantitative estimate of drug-likeness (QED) is 0.493. The molecule has 170 valence electrons. The van der Waals surface area contributed by atoms with Crippen LogP contribution < -0.4 is 16.0 Å². The lowest BCUT2D eigenvalue weighted by Crippen LogP contribution is -2.30. The molecule has 0 aliphatic carbocycles. The standard InChI is InChI=1S/C12H11NO4S2.C10H12N2.H3N/c14-18(15,11-7-3-1-4-8-11)13-19(16,17)12-9-5-2-6-10-12;1-8-3-2-4-9(5-8)10(6-11)7-12;/h1-10,13H;2-5,10H,6,11H2,1H3;1H3. The first-order chi connectivity index (χ1) is 14.7. The zero-order valence-corrected chi connectivity index (χ0v) is 19.2. The van der Waals surface area contributed by atoms with E-state index in [9.17, 15) is 16.8 Å². The Bertz CT molecular complexity index is 1170. The highest BCUT2D eigenvalue weighted by atomic mass is 32.3. The van der Waals surface area contributed by atoms with Crippen LogP contribution in [0.2, 0.25) is 0 Å². The Morgan fingerprint density at radius 1 is 0.844 bits per heavy atom. The highest BCUT2D eigenvalue weighted by Crippen LogP contribution is 2.15. The van der Waals surface area contributed by atoms with Gasteiger partial charge in [-0.2, -0.15) is 5.26 Å². The Morgan fingerprint density at radius 3 is 1.69 bits per heavy atom. The van der Waals surface area contributed by atoms with E-state index >= 15 is 0 Å². The van der Waals surface area contributed by atoms with Crippen LogP contribution in [0.25, 0.3) is 0 Å². The Kier molecular flexibility index (Phi) is 10.2. The number of benzene rings is 3. The van der Waals surface area contributed by atoms with Crippen molar-refractivity contribution in [3.63, 3.8) is 0 Å². The van der Waals surface area contributed by atoms with Crippen molar-refractivity contribution in [3.8, 4) is 6.07 Å². The molecule has 32 heavy (non-hydrogen) atoms. The average Bonchev–Trinajstić information content (AvgIpc) is 2.76. The summed E-state index contributed by atoms with van der Waals surface area (Å²) in [6, 6.07) is 24.7. The van der Waals surface area contributed by atoms with Crippen LogP contribution in [0.1, 0.15) is 17.0 Å². The summed E-state index contributed by atoms with van der Waals surface area (Å²) in [5.41, 5.74) is 7.62. The van der Waals surface area contributed by atoms with Crippen molar-refractivity contribution in [2.24, 2.45) is 5.73 Å². The number of nitriles is 1. The number of nitrogens with one attached hydrogen (secondary N) is 1. The Morgan fingerprint density at radius 2 is 1.31 bits per heavy atom. The van der Waals surface area contributed by atoms with Crippen LogP contribution >= 0.6 is 0 Å². The number of nitrogens with zero attached hydrogens (tertiary/aromatic N) is 1. The average molecular weight is 475 g/mol. The summed E-state index contributed by atoms with van der Waals surface area (Å²) < 4.78 is 49.4. The van der Waals surface area contributed by atoms with E-state index in [4.69, 9.17) is 11.0 Å². The lowest BCUT2D eigenvalue weighted by Gasteiger charge is -2.07. The highest BCUT2D eigenvalue weighted by molar-refractivity contribution is 8.04. The summed E-state index contributed by atoms with van der Waals surface area (Å²) in [6.07, 6.45) is 0. The van der Waals surface area contributed by atoms with E-state index in [-0.39, 0.29) is 21.9 Å². The van der Waals surface area contributed by atoms with Gasteiger partial charge in [0.25, 0.3) is 20.0 Å². The van der Waals surface area contributed by atoms with E-state index in [1.807, 2.05) is 31.2 Å². The Balaban J connectivity index is 0.000000342. The normalized spacial score (nSPS) is 11.8. The van der Waals surface area contributed by atoms with E-state index in [0.717, 1.165) is 5.56 Å². The van der Waals surface area contributed by atoms with Gasteiger partial charge in [0.1, 0.15) is 0 Å². The van der Waals surface area contributed by atoms with E-state index in [2.05, 4.69) is 6.07 Å². The third kappa shape index (κ3) is 7.56. The summed E-state index contributed by atoms with van der Waals surface area (Å²) in [6.45, 7) is 2.40. The van der Waals surface area contributed by atoms with Crippen molar-refractivity contribution in [1.82, 2.24) is 10.3 Å². The van der Waals surface area contributed by atoms with Crippen LogP contribution in [0.4, 0.5) is 0 Å². The second-order valence-electron chi connectivity index (χ2n) is 6.55. The van der Waals surface area contributed by atoms with Crippen molar-refractivity contribution >= 4 is 20.0 Å². The minimum atomic E-state index is -4.10. The zero-order chi connectivity index (χ0) is 22.9. The molecule has 0 heterocycles. The maximum atomic E-state index is 11.9. The molecule has 8 nitrogen and oxygen atoms in total. The Labute approximate surface area is 189 Å². The molecule has 0 spiro atoms. The number of nitrogens with two attached hydrogens (primary N) is 1. The van der Waals surface area contributed by atoms with Gasteiger partial charge in [0.2, 0.25) is 0 Å². The molecule has 1 atom stereocenters. The molecule has 0 fully saturated rings. The van der Waals surface area contributed by atoms with Crippen LogP contribution in [0.5, 0.6) is 0 Å². The summed E-state index contributed by atoms with van der Waals surface area (Å²) in [5.74, 6) is -0.162. The molecule has 6 N–H and O–H groups in total. The SMILES string of the molecule is Cc1cccc(C(C#N)CN)c1.N.O=S(=O)(NS(=O)(=O)c1ccccc1)c1ccccc1. The van der Waals surface area contributed by atoms with Crippen LogP contribution in [0.3, 0.4) is 0 Å². The smallest absolute Gasteiger partial charge is 0.253 e. The van der Waals surface area contributed by atoms with Crippen molar-refractivity contribution in [2.75, 3.05) is 6.54 Å². The van der Waals surface area contributed by atoms with Crippen LogP contribution in [0, 0.1) is 18.3 Å². The molecular formula is C22H26N4O4S2. The largest absolute Gasteiger partial charge is 0.344 e. The van der Waals surface area contributed by atoms with Gasteiger partial charge >= 0.3 is 0 Å². The van der Waals surface area contributed by atoms with E-state index in [1.165, 1.54) is 54.1 Å². The van der Waals surface area contributed by atoms with Gasteiger partial charge in [-0.25, -0.2) is 16.8 Å². The molecule has 1 unspecified atom stereocenters. The zero-order valence-electron chi connectivity index (χ0n) is 17.5. The first-order valence-corrected chi connectivity index (χ1v) is 12.2. The fourth-order valence-corrected chi connectivity index (χ4v) is 5.55. The van der Waals surface area contributed by atoms with E-state index in [1.54, 1.807) is 16.3 Å². The lowest BCUT2D eigenvalue weighted by molar-refractivity contribution is 0.577. The van der Waals surface area contributed by atoms with Gasteiger partial charge in [0.05, 0.1) is 21.8 Å². The highest BCUT2D eigenvalue weighted by Gasteiger charge is 2.23. The number of rotatable bonds is 6. The summed E-state index contributed by atoms with van der Waals surface area (Å²) >= 11 is 0. The molecule has 0 saturated heterocycles. The maximum Gasteiger partial charge on any atom is 0.253 e. The predicted molar refractivity (Wildman–Crippen MR) is 124 cm³/mol. The molecule has 0 bridgehead atoms. The lowest BCUT2D eigenvalue weighted by atomic mass is 9.99. The number of sulfonamides is 2. The van der Waals surface area contributed by atoms with Crippen LogP contribution in [-0.4, -0.2) is 23.4 Å². The minimum Gasteiger partial charge on any atom is -0.344 e. The number of hydrogen-bond donors (Lipinski definition) is 3. The third-order valence-electron chi connectivity index (χ3n) is 4.16. The molecule has 0 amide bonds. The fourth-order valence-electron chi connectivity index (χ4n) is 2.59. The van der Waals surface area contributed by atoms with Crippen molar-refractivity contribution in [2.45, 2.75) is 22.6 Å². The molecular weight excluding hydrogens is 448 g/mol. The van der Waals surface area contributed by atoms with E-state index < -0.39 is 20.0 Å². The van der Waals surface area contributed by atoms with Crippen LogP contribution in [-0.2, 0) is 20.0 Å². The van der Waals surface area contributed by atoms with Gasteiger partial charge < -0.3 is 11.9 Å². The third-order valence-corrected chi connectivity index (χ3v) is 7.70. The van der Waals surface area contributed by atoms with Gasteiger partial charge in [0.15, 0.2) is 0 Å².